The molecule has 0 heterocycles. The van der Waals surface area contributed by atoms with Gasteiger partial charge in [-0.25, -0.2) is 0 Å². The number of carbonyl (C=O) groups excluding carboxylic acids is 1. The van der Waals surface area contributed by atoms with E-state index in [0.29, 0.717) is 12.2 Å². The molecule has 0 saturated heterocycles. The molecule has 0 aliphatic rings. The SMILES string of the molecule is CCC(=O)C(C)S(=O)Cc1cc(C)cc(C)c1. The molecule has 2 atom stereocenters. The van der Waals surface area contributed by atoms with Crippen LogP contribution in [0.25, 0.3) is 0 Å². The van der Waals surface area contributed by atoms with Crippen molar-refractivity contribution in [3.63, 3.8) is 0 Å². The number of rotatable bonds is 5. The summed E-state index contributed by atoms with van der Waals surface area (Å²) in [6.45, 7) is 7.62. The van der Waals surface area contributed by atoms with Crippen molar-refractivity contribution in [3.8, 4) is 0 Å². The van der Waals surface area contributed by atoms with Crippen molar-refractivity contribution in [2.75, 3.05) is 0 Å². The third-order valence-corrected chi connectivity index (χ3v) is 4.46. The largest absolute Gasteiger partial charge is 0.298 e. The molecule has 2 nitrogen and oxygen atoms in total. The molecular formula is C14H20O2S. The van der Waals surface area contributed by atoms with E-state index < -0.39 is 10.8 Å². The third-order valence-electron chi connectivity index (χ3n) is 2.79. The molecule has 0 saturated carbocycles. The Bertz CT molecular complexity index is 418. The van der Waals surface area contributed by atoms with Gasteiger partial charge in [0, 0.05) is 23.0 Å². The summed E-state index contributed by atoms with van der Waals surface area (Å²) in [7, 11) is -1.11. The monoisotopic (exact) mass is 252 g/mol. The lowest BCUT2D eigenvalue weighted by Gasteiger charge is -2.10. The van der Waals surface area contributed by atoms with E-state index in [2.05, 4.69) is 6.07 Å². The van der Waals surface area contributed by atoms with Crippen molar-refractivity contribution in [1.29, 1.82) is 0 Å². The molecule has 1 rings (SSSR count). The summed E-state index contributed by atoms with van der Waals surface area (Å²) in [5, 5.41) is -0.360. The minimum absolute atomic E-state index is 0.0766. The third kappa shape index (κ3) is 4.08. The minimum Gasteiger partial charge on any atom is -0.298 e. The number of aryl methyl sites for hydroxylation is 2. The Morgan fingerprint density at radius 3 is 2.24 bits per heavy atom. The molecule has 0 amide bonds. The van der Waals surface area contributed by atoms with Gasteiger partial charge in [0.25, 0.3) is 0 Å². The lowest BCUT2D eigenvalue weighted by molar-refractivity contribution is -0.118. The summed E-state index contributed by atoms with van der Waals surface area (Å²) in [6.07, 6.45) is 0.458. The van der Waals surface area contributed by atoms with Crippen molar-refractivity contribution >= 4 is 16.6 Å². The summed E-state index contributed by atoms with van der Waals surface area (Å²) in [5.74, 6) is 0.544. The smallest absolute Gasteiger partial charge is 0.147 e. The Morgan fingerprint density at radius 2 is 1.76 bits per heavy atom. The van der Waals surface area contributed by atoms with Gasteiger partial charge in [-0.2, -0.15) is 0 Å². The maximum absolute atomic E-state index is 12.0. The lowest BCUT2D eigenvalue weighted by Crippen LogP contribution is -2.22. The Balaban J connectivity index is 2.77. The summed E-state index contributed by atoms with van der Waals surface area (Å²) in [5.41, 5.74) is 3.40. The van der Waals surface area contributed by atoms with Gasteiger partial charge in [-0.15, -0.1) is 0 Å². The van der Waals surface area contributed by atoms with Crippen LogP contribution in [0.2, 0.25) is 0 Å². The predicted octanol–water partition coefficient (Wildman–Crippen LogP) is 2.92. The number of hydrogen-bond donors (Lipinski definition) is 0. The van der Waals surface area contributed by atoms with E-state index >= 15 is 0 Å². The molecule has 0 bridgehead atoms. The van der Waals surface area contributed by atoms with E-state index in [0.717, 1.165) is 5.56 Å². The average Bonchev–Trinajstić information content (AvgIpc) is 2.25. The molecule has 17 heavy (non-hydrogen) atoms. The van der Waals surface area contributed by atoms with Gasteiger partial charge < -0.3 is 0 Å². The van der Waals surface area contributed by atoms with E-state index in [-0.39, 0.29) is 11.0 Å². The van der Waals surface area contributed by atoms with Gasteiger partial charge in [-0.05, 0) is 26.3 Å². The summed E-state index contributed by atoms with van der Waals surface area (Å²) in [6, 6.07) is 6.16. The van der Waals surface area contributed by atoms with Crippen LogP contribution in [-0.2, 0) is 21.3 Å². The number of ketones is 1. The maximum atomic E-state index is 12.0. The summed E-state index contributed by atoms with van der Waals surface area (Å²) < 4.78 is 12.0. The highest BCUT2D eigenvalue weighted by Gasteiger charge is 2.18. The van der Waals surface area contributed by atoms with Crippen LogP contribution in [0.15, 0.2) is 18.2 Å². The first-order chi connectivity index (χ1) is 7.93. The number of carbonyl (C=O) groups is 1. The molecule has 1 aromatic carbocycles. The van der Waals surface area contributed by atoms with Gasteiger partial charge in [-0.1, -0.05) is 36.2 Å². The average molecular weight is 252 g/mol. The molecule has 0 N–H and O–H groups in total. The van der Waals surface area contributed by atoms with Crippen LogP contribution >= 0.6 is 0 Å². The molecule has 3 heteroatoms. The van der Waals surface area contributed by atoms with Gasteiger partial charge in [0.15, 0.2) is 0 Å². The normalized spacial score (nSPS) is 14.4. The molecule has 0 aliphatic carbocycles. The van der Waals surface area contributed by atoms with Crippen LogP contribution in [0.1, 0.15) is 37.0 Å². The van der Waals surface area contributed by atoms with Crippen molar-refractivity contribution in [2.45, 2.75) is 45.1 Å². The van der Waals surface area contributed by atoms with Gasteiger partial charge in [0.05, 0.1) is 5.25 Å². The molecule has 0 radical (unpaired) electrons. The fraction of sp³-hybridized carbons (Fsp3) is 0.500. The fourth-order valence-corrected chi connectivity index (χ4v) is 3.08. The molecule has 0 aromatic heterocycles. The second-order valence-corrected chi connectivity index (χ2v) is 6.24. The van der Waals surface area contributed by atoms with Crippen molar-refractivity contribution in [3.05, 3.63) is 34.9 Å². The summed E-state index contributed by atoms with van der Waals surface area (Å²) >= 11 is 0. The van der Waals surface area contributed by atoms with Gasteiger partial charge in [-0.3, -0.25) is 9.00 Å². The van der Waals surface area contributed by atoms with E-state index in [1.165, 1.54) is 11.1 Å². The minimum atomic E-state index is -1.11. The zero-order chi connectivity index (χ0) is 13.0. The van der Waals surface area contributed by atoms with E-state index in [4.69, 9.17) is 0 Å². The van der Waals surface area contributed by atoms with Crippen molar-refractivity contribution < 1.29 is 9.00 Å². The first-order valence-corrected chi connectivity index (χ1v) is 7.29. The van der Waals surface area contributed by atoms with Crippen LogP contribution in [0, 0.1) is 13.8 Å². The first kappa shape index (κ1) is 14.1. The van der Waals surface area contributed by atoms with Crippen LogP contribution in [-0.4, -0.2) is 15.2 Å². The van der Waals surface area contributed by atoms with Crippen LogP contribution in [0.5, 0.6) is 0 Å². The predicted molar refractivity (Wildman–Crippen MR) is 72.5 cm³/mol. The molecule has 94 valence electrons. The van der Waals surface area contributed by atoms with Crippen molar-refractivity contribution in [1.82, 2.24) is 0 Å². The van der Waals surface area contributed by atoms with Crippen LogP contribution in [0.3, 0.4) is 0 Å². The van der Waals surface area contributed by atoms with Gasteiger partial charge >= 0.3 is 0 Å². The first-order valence-electron chi connectivity index (χ1n) is 5.91. The molecular weight excluding hydrogens is 232 g/mol. The zero-order valence-corrected chi connectivity index (χ0v) is 11.8. The van der Waals surface area contributed by atoms with Crippen molar-refractivity contribution in [2.24, 2.45) is 0 Å². The Kier molecular flexibility index (Phi) is 5.06. The Morgan fingerprint density at radius 1 is 1.24 bits per heavy atom. The molecule has 1 aromatic rings. The van der Waals surface area contributed by atoms with E-state index in [1.807, 2.05) is 32.9 Å². The zero-order valence-electron chi connectivity index (χ0n) is 10.9. The highest BCUT2D eigenvalue weighted by molar-refractivity contribution is 7.85. The molecule has 0 fully saturated rings. The number of benzene rings is 1. The molecule has 0 aliphatic heterocycles. The van der Waals surface area contributed by atoms with E-state index in [9.17, 15) is 9.00 Å². The van der Waals surface area contributed by atoms with Gasteiger partial charge in [0.2, 0.25) is 0 Å². The fourth-order valence-electron chi connectivity index (χ4n) is 1.88. The van der Waals surface area contributed by atoms with Gasteiger partial charge in [0.1, 0.15) is 5.78 Å². The second kappa shape index (κ2) is 6.10. The number of hydrogen-bond acceptors (Lipinski definition) is 2. The quantitative estimate of drug-likeness (QED) is 0.807. The standard InChI is InChI=1S/C14H20O2S/c1-5-14(15)12(4)17(16)9-13-7-10(2)6-11(3)8-13/h6-8,12H,5,9H2,1-4H3. The number of Topliss-reactive ketones (excluding diaryl/α,β-unsaturated/α-hetero) is 1. The second-order valence-electron chi connectivity index (χ2n) is 4.48. The van der Waals surface area contributed by atoms with Crippen LogP contribution < -0.4 is 0 Å². The summed E-state index contributed by atoms with van der Waals surface area (Å²) in [4.78, 5) is 11.5. The Hall–Kier alpha value is -0.960. The lowest BCUT2D eigenvalue weighted by atomic mass is 10.1. The molecule has 0 spiro atoms. The highest BCUT2D eigenvalue weighted by atomic mass is 32.2. The van der Waals surface area contributed by atoms with Crippen LogP contribution in [0.4, 0.5) is 0 Å². The van der Waals surface area contributed by atoms with E-state index in [1.54, 1.807) is 6.92 Å². The maximum Gasteiger partial charge on any atom is 0.147 e. The highest BCUT2D eigenvalue weighted by Crippen LogP contribution is 2.13. The molecule has 2 unspecified atom stereocenters. The topological polar surface area (TPSA) is 34.1 Å². The Labute approximate surface area is 106 Å².